The summed E-state index contributed by atoms with van der Waals surface area (Å²) in [6.07, 6.45) is -0.0494. The van der Waals surface area contributed by atoms with Gasteiger partial charge in [0, 0.05) is 0 Å². The molecule has 0 saturated heterocycles. The van der Waals surface area contributed by atoms with Crippen LogP contribution in [0.1, 0.15) is 13.3 Å². The van der Waals surface area contributed by atoms with Crippen LogP contribution in [0, 0.1) is 5.92 Å². The number of halogens is 10. The maximum absolute atomic E-state index is 12.6. The van der Waals surface area contributed by atoms with Crippen molar-refractivity contribution in [2.24, 2.45) is 5.92 Å². The van der Waals surface area contributed by atoms with Crippen molar-refractivity contribution in [1.29, 1.82) is 0 Å². The van der Waals surface area contributed by atoms with Crippen molar-refractivity contribution in [3.05, 3.63) is 50.2 Å². The molecule has 0 aliphatic carbocycles. The molecular formula is C17H6Cl10O4. The monoisotopic (exact) mass is 624 g/mol. The van der Waals surface area contributed by atoms with Crippen LogP contribution in [0.3, 0.4) is 0 Å². The summed E-state index contributed by atoms with van der Waals surface area (Å²) in [4.78, 5) is 25.3. The van der Waals surface area contributed by atoms with Crippen LogP contribution >= 0.6 is 116 Å². The lowest BCUT2D eigenvalue weighted by Gasteiger charge is -2.18. The standard InChI is InChI=1S/C17H6Cl10O4/c1-2-3(16(28)30-14-10(24)6(20)4(18)7(21)11(14)25)17(29)31-15-12(26)8(22)5(19)9(23)13(15)27/h3H,2H2,1H3. The van der Waals surface area contributed by atoms with E-state index in [1.54, 1.807) is 0 Å². The van der Waals surface area contributed by atoms with Gasteiger partial charge in [-0.3, -0.25) is 9.59 Å². The summed E-state index contributed by atoms with van der Waals surface area (Å²) in [5.74, 6) is -4.38. The quantitative estimate of drug-likeness (QED) is 0.109. The Hall–Kier alpha value is 0.280. The van der Waals surface area contributed by atoms with Crippen LogP contribution in [0.2, 0.25) is 50.2 Å². The van der Waals surface area contributed by atoms with Gasteiger partial charge in [-0.25, -0.2) is 0 Å². The highest BCUT2D eigenvalue weighted by molar-refractivity contribution is 6.56. The third kappa shape index (κ3) is 5.51. The number of rotatable bonds is 5. The Morgan fingerprint density at radius 3 is 1.00 bits per heavy atom. The van der Waals surface area contributed by atoms with Gasteiger partial charge in [0.15, 0.2) is 17.4 Å². The van der Waals surface area contributed by atoms with E-state index in [1.165, 1.54) is 6.92 Å². The number of esters is 2. The van der Waals surface area contributed by atoms with Crippen molar-refractivity contribution in [2.45, 2.75) is 13.3 Å². The van der Waals surface area contributed by atoms with E-state index in [4.69, 9.17) is 125 Å². The third-order valence-electron chi connectivity index (χ3n) is 3.72. The topological polar surface area (TPSA) is 52.6 Å². The summed E-state index contributed by atoms with van der Waals surface area (Å²) in [5.41, 5.74) is 0. The second kappa shape index (κ2) is 11.1. The Morgan fingerprint density at radius 1 is 0.548 bits per heavy atom. The van der Waals surface area contributed by atoms with Gasteiger partial charge in [-0.05, 0) is 6.42 Å². The van der Waals surface area contributed by atoms with Crippen LogP contribution in [-0.2, 0) is 9.59 Å². The van der Waals surface area contributed by atoms with Crippen LogP contribution in [-0.4, -0.2) is 11.9 Å². The van der Waals surface area contributed by atoms with Crippen molar-refractivity contribution in [2.75, 3.05) is 0 Å². The van der Waals surface area contributed by atoms with Gasteiger partial charge in [0.1, 0.15) is 20.1 Å². The Morgan fingerprint density at radius 2 is 0.774 bits per heavy atom. The number of benzene rings is 2. The molecule has 0 bridgehead atoms. The molecule has 0 amide bonds. The molecule has 2 rings (SSSR count). The van der Waals surface area contributed by atoms with E-state index >= 15 is 0 Å². The molecule has 0 radical (unpaired) electrons. The first-order valence-electron chi connectivity index (χ1n) is 7.81. The van der Waals surface area contributed by atoms with Gasteiger partial charge in [0.25, 0.3) is 0 Å². The lowest BCUT2D eigenvalue weighted by molar-refractivity contribution is -0.151. The molecule has 0 aromatic heterocycles. The predicted octanol–water partition coefficient (Wildman–Crippen LogP) is 9.76. The minimum Gasteiger partial charge on any atom is -0.423 e. The molecule has 2 aromatic rings. The van der Waals surface area contributed by atoms with E-state index in [9.17, 15) is 9.59 Å². The van der Waals surface area contributed by atoms with Crippen molar-refractivity contribution < 1.29 is 19.1 Å². The first kappa shape index (κ1) is 27.5. The fourth-order valence-corrected chi connectivity index (χ4v) is 4.52. The summed E-state index contributed by atoms with van der Waals surface area (Å²) in [6.45, 7) is 1.52. The second-order valence-electron chi connectivity index (χ2n) is 5.60. The molecule has 0 saturated carbocycles. The Labute approximate surface area is 226 Å². The number of ether oxygens (including phenoxy) is 2. The van der Waals surface area contributed by atoms with Gasteiger partial charge in [0.2, 0.25) is 0 Å². The van der Waals surface area contributed by atoms with Crippen molar-refractivity contribution in [3.63, 3.8) is 0 Å². The SMILES string of the molecule is CCC(C(=O)Oc1c(Cl)c(Cl)c(Cl)c(Cl)c1Cl)C(=O)Oc1c(Cl)c(Cl)c(Cl)c(Cl)c1Cl. The first-order valence-corrected chi connectivity index (χ1v) is 11.6. The van der Waals surface area contributed by atoms with Gasteiger partial charge in [-0.1, -0.05) is 123 Å². The number of carbonyl (C=O) groups excluding carboxylic acids is 2. The third-order valence-corrected chi connectivity index (χ3v) is 8.21. The van der Waals surface area contributed by atoms with Crippen molar-refractivity contribution >= 4 is 128 Å². The van der Waals surface area contributed by atoms with Crippen LogP contribution in [0.4, 0.5) is 0 Å². The van der Waals surface area contributed by atoms with Gasteiger partial charge >= 0.3 is 11.9 Å². The fraction of sp³-hybridized carbons (Fsp3) is 0.176. The fourth-order valence-electron chi connectivity index (χ4n) is 2.12. The van der Waals surface area contributed by atoms with Gasteiger partial charge < -0.3 is 9.47 Å². The van der Waals surface area contributed by atoms with Crippen LogP contribution < -0.4 is 9.47 Å². The summed E-state index contributed by atoms with van der Waals surface area (Å²) in [6, 6.07) is 0. The van der Waals surface area contributed by atoms with Crippen LogP contribution in [0.15, 0.2) is 0 Å². The Kier molecular flexibility index (Phi) is 9.89. The first-order chi connectivity index (χ1) is 14.3. The minimum atomic E-state index is -1.46. The second-order valence-corrected chi connectivity index (χ2v) is 9.38. The molecule has 14 heteroatoms. The van der Waals surface area contributed by atoms with Gasteiger partial charge in [0.05, 0.1) is 30.1 Å². The van der Waals surface area contributed by atoms with E-state index in [2.05, 4.69) is 0 Å². The molecule has 0 spiro atoms. The largest absolute Gasteiger partial charge is 0.423 e. The highest BCUT2D eigenvalue weighted by Gasteiger charge is 2.33. The lowest BCUT2D eigenvalue weighted by atomic mass is 10.1. The zero-order chi connectivity index (χ0) is 23.8. The number of hydrogen-bond acceptors (Lipinski definition) is 4. The molecule has 31 heavy (non-hydrogen) atoms. The number of carbonyl (C=O) groups is 2. The average Bonchev–Trinajstić information content (AvgIpc) is 2.74. The highest BCUT2D eigenvalue weighted by atomic mass is 35.5. The summed E-state index contributed by atoms with van der Waals surface area (Å²) >= 11 is 59.7. The summed E-state index contributed by atoms with van der Waals surface area (Å²) in [7, 11) is 0. The van der Waals surface area contributed by atoms with E-state index < -0.39 is 17.9 Å². The van der Waals surface area contributed by atoms with Crippen LogP contribution in [0.5, 0.6) is 11.5 Å². The maximum atomic E-state index is 12.6. The molecule has 0 heterocycles. The van der Waals surface area contributed by atoms with Crippen LogP contribution in [0.25, 0.3) is 0 Å². The van der Waals surface area contributed by atoms with E-state index in [0.717, 1.165) is 0 Å². The Balaban J connectivity index is 2.36. The molecule has 0 aliphatic rings. The molecule has 0 unspecified atom stereocenters. The van der Waals surface area contributed by atoms with Crippen molar-refractivity contribution in [3.8, 4) is 11.5 Å². The normalized spacial score (nSPS) is 11.1. The van der Waals surface area contributed by atoms with E-state index in [0.29, 0.717) is 0 Å². The predicted molar refractivity (Wildman–Crippen MR) is 128 cm³/mol. The molecule has 2 aromatic carbocycles. The maximum Gasteiger partial charge on any atom is 0.325 e. The highest BCUT2D eigenvalue weighted by Crippen LogP contribution is 2.49. The number of hydrogen-bond donors (Lipinski definition) is 0. The molecule has 0 N–H and O–H groups in total. The summed E-state index contributed by atoms with van der Waals surface area (Å²) < 4.78 is 10.3. The smallest absolute Gasteiger partial charge is 0.325 e. The molecule has 4 nitrogen and oxygen atoms in total. The average molecular weight is 629 g/mol. The van der Waals surface area contributed by atoms with Crippen molar-refractivity contribution in [1.82, 2.24) is 0 Å². The zero-order valence-corrected chi connectivity index (χ0v) is 22.3. The molecular weight excluding hydrogens is 623 g/mol. The molecule has 0 atom stereocenters. The molecule has 168 valence electrons. The Bertz CT molecular complexity index is 944. The zero-order valence-electron chi connectivity index (χ0n) is 14.7. The molecule has 0 fully saturated rings. The van der Waals surface area contributed by atoms with Gasteiger partial charge in [-0.2, -0.15) is 0 Å². The summed E-state index contributed by atoms with van der Waals surface area (Å²) in [5, 5.41) is -2.16. The van der Waals surface area contributed by atoms with Gasteiger partial charge in [-0.15, -0.1) is 0 Å². The van der Waals surface area contributed by atoms with E-state index in [1.807, 2.05) is 0 Å². The lowest BCUT2D eigenvalue weighted by Crippen LogP contribution is -2.31. The molecule has 0 aliphatic heterocycles. The minimum absolute atomic E-state index is 0.0494. The van der Waals surface area contributed by atoms with E-state index in [-0.39, 0.29) is 68.1 Å².